The number of hydrogen-bond donors (Lipinski definition) is 2. The number of rotatable bonds is 2. The first-order valence-electron chi connectivity index (χ1n) is 9.17. The zero-order valence-electron chi connectivity index (χ0n) is 14.4. The van der Waals surface area contributed by atoms with Gasteiger partial charge in [0, 0.05) is 19.2 Å². The molecule has 0 radical (unpaired) electrons. The Balaban J connectivity index is 1.51. The fourth-order valence-corrected chi connectivity index (χ4v) is 5.02. The van der Waals surface area contributed by atoms with Gasteiger partial charge in [-0.05, 0) is 55.2 Å². The van der Waals surface area contributed by atoms with Crippen molar-refractivity contribution in [2.24, 2.45) is 11.3 Å². The van der Waals surface area contributed by atoms with Gasteiger partial charge >= 0.3 is 12.0 Å². The fraction of sp³-hybridized carbons (Fsp3) is 0.579. The van der Waals surface area contributed by atoms with Crippen LogP contribution < -0.4 is 5.32 Å². The van der Waals surface area contributed by atoms with E-state index in [4.69, 9.17) is 0 Å². The lowest BCUT2D eigenvalue weighted by Gasteiger charge is -2.29. The van der Waals surface area contributed by atoms with Crippen LogP contribution in [0.3, 0.4) is 0 Å². The minimum atomic E-state index is -0.833. The highest BCUT2D eigenvalue weighted by Crippen LogP contribution is 2.49. The summed E-state index contributed by atoms with van der Waals surface area (Å²) in [4.78, 5) is 26.0. The maximum atomic E-state index is 14.0. The lowest BCUT2D eigenvalue weighted by molar-refractivity contribution is -0.149. The van der Waals surface area contributed by atoms with Crippen molar-refractivity contribution in [1.29, 1.82) is 0 Å². The quantitative estimate of drug-likeness (QED) is 0.846. The number of amides is 2. The van der Waals surface area contributed by atoms with Crippen molar-refractivity contribution in [3.8, 4) is 0 Å². The maximum absolute atomic E-state index is 14.0. The number of halogens is 2. The van der Waals surface area contributed by atoms with Gasteiger partial charge in [0.2, 0.25) is 0 Å². The highest BCUT2D eigenvalue weighted by molar-refractivity contribution is 5.80. The van der Waals surface area contributed by atoms with Crippen molar-refractivity contribution in [3.05, 3.63) is 34.9 Å². The van der Waals surface area contributed by atoms with Gasteiger partial charge in [-0.2, -0.15) is 0 Å². The first kappa shape index (κ1) is 17.2. The fourth-order valence-electron chi connectivity index (χ4n) is 5.02. The second-order valence-corrected chi connectivity index (χ2v) is 7.78. The number of nitrogens with zero attached hydrogens (tertiary/aromatic N) is 1. The van der Waals surface area contributed by atoms with Crippen LogP contribution >= 0.6 is 0 Å². The van der Waals surface area contributed by atoms with Gasteiger partial charge < -0.3 is 15.3 Å². The highest BCUT2D eigenvalue weighted by atomic mass is 19.1. The van der Waals surface area contributed by atoms with Gasteiger partial charge in [0.05, 0.1) is 11.5 Å². The molecule has 2 N–H and O–H groups in total. The van der Waals surface area contributed by atoms with E-state index < -0.39 is 29.1 Å². The summed E-state index contributed by atoms with van der Waals surface area (Å²) in [5, 5.41) is 12.5. The predicted molar refractivity (Wildman–Crippen MR) is 89.6 cm³/mol. The number of fused-ring (bicyclic) bond motifs is 2. The lowest BCUT2D eigenvalue weighted by Crippen LogP contribution is -2.43. The normalized spacial score (nSPS) is 30.0. The van der Waals surface area contributed by atoms with Crippen LogP contribution in [0.4, 0.5) is 13.6 Å². The highest BCUT2D eigenvalue weighted by Gasteiger charge is 2.55. The molecule has 1 aromatic rings. The molecule has 5 nitrogen and oxygen atoms in total. The number of carbonyl (C=O) groups is 2. The molecule has 0 spiro atoms. The van der Waals surface area contributed by atoms with Crippen LogP contribution in [0.5, 0.6) is 0 Å². The Morgan fingerprint density at radius 1 is 1.23 bits per heavy atom. The number of carbonyl (C=O) groups excluding carboxylic acids is 1. The van der Waals surface area contributed by atoms with Gasteiger partial charge in [-0.25, -0.2) is 13.6 Å². The Kier molecular flexibility index (Phi) is 4.12. The van der Waals surface area contributed by atoms with E-state index in [1.807, 2.05) is 0 Å². The number of aliphatic carboxylic acids is 1. The van der Waals surface area contributed by atoms with Gasteiger partial charge in [-0.3, -0.25) is 4.79 Å². The van der Waals surface area contributed by atoms with E-state index in [-0.39, 0.29) is 18.5 Å². The molecule has 2 amide bonds. The zero-order chi connectivity index (χ0) is 18.5. The lowest BCUT2D eigenvalue weighted by atomic mass is 9.81. The molecule has 1 saturated heterocycles. The standard InChI is InChI=1S/C19H22F2N2O3/c20-12-7-14-13(15(21)8-12)4-1-5-16(14)22-18(26)23-9-11-3-2-6-19(11,10-23)17(24)25/h7-8,11,16H,1-6,9-10H2,(H,22,26)(H,24,25)/t11-,16+,19+/m0/s1. The molecule has 26 heavy (non-hydrogen) atoms. The van der Waals surface area contributed by atoms with Crippen molar-refractivity contribution in [2.75, 3.05) is 13.1 Å². The van der Waals surface area contributed by atoms with E-state index in [9.17, 15) is 23.5 Å². The van der Waals surface area contributed by atoms with Crippen LogP contribution in [0.2, 0.25) is 0 Å². The van der Waals surface area contributed by atoms with Gasteiger partial charge in [0.1, 0.15) is 11.6 Å². The monoisotopic (exact) mass is 364 g/mol. The Bertz CT molecular complexity index is 769. The van der Waals surface area contributed by atoms with E-state index in [2.05, 4.69) is 5.32 Å². The summed E-state index contributed by atoms with van der Waals surface area (Å²) < 4.78 is 27.6. The van der Waals surface area contributed by atoms with Crippen molar-refractivity contribution < 1.29 is 23.5 Å². The van der Waals surface area contributed by atoms with E-state index in [1.54, 1.807) is 4.90 Å². The van der Waals surface area contributed by atoms with E-state index >= 15 is 0 Å². The smallest absolute Gasteiger partial charge is 0.317 e. The first-order valence-corrected chi connectivity index (χ1v) is 9.17. The Hall–Kier alpha value is -2.18. The summed E-state index contributed by atoms with van der Waals surface area (Å²) in [5.41, 5.74) is 0.123. The molecule has 0 aromatic heterocycles. The van der Waals surface area contributed by atoms with Gasteiger partial charge in [-0.15, -0.1) is 0 Å². The molecule has 3 aliphatic rings. The molecule has 7 heteroatoms. The van der Waals surface area contributed by atoms with Gasteiger partial charge in [0.15, 0.2) is 0 Å². The second kappa shape index (κ2) is 6.21. The second-order valence-electron chi connectivity index (χ2n) is 7.78. The number of benzene rings is 1. The van der Waals surface area contributed by atoms with Crippen LogP contribution in [0.1, 0.15) is 49.3 Å². The van der Waals surface area contributed by atoms with Crippen molar-refractivity contribution in [1.82, 2.24) is 10.2 Å². The van der Waals surface area contributed by atoms with E-state index in [0.29, 0.717) is 43.4 Å². The van der Waals surface area contributed by atoms with Crippen LogP contribution in [0.25, 0.3) is 0 Å². The van der Waals surface area contributed by atoms with Crippen LogP contribution in [0, 0.1) is 23.0 Å². The van der Waals surface area contributed by atoms with Crippen molar-refractivity contribution in [2.45, 2.75) is 44.6 Å². The number of urea groups is 1. The van der Waals surface area contributed by atoms with Crippen LogP contribution in [-0.2, 0) is 11.2 Å². The number of nitrogens with one attached hydrogen (secondary N) is 1. The SMILES string of the molecule is O=C(N[C@@H]1CCCc2c(F)cc(F)cc21)N1C[C@@H]2CCC[C@@]2(C(=O)O)C1. The Morgan fingerprint density at radius 2 is 2.04 bits per heavy atom. The van der Waals surface area contributed by atoms with Crippen molar-refractivity contribution in [3.63, 3.8) is 0 Å². The number of hydrogen-bond acceptors (Lipinski definition) is 2. The third-order valence-corrected chi connectivity index (χ3v) is 6.37. The molecule has 1 saturated carbocycles. The summed E-state index contributed by atoms with van der Waals surface area (Å²) in [6.45, 7) is 0.630. The average molecular weight is 364 g/mol. The summed E-state index contributed by atoms with van der Waals surface area (Å²) in [7, 11) is 0. The molecule has 140 valence electrons. The predicted octanol–water partition coefficient (Wildman–Crippen LogP) is 3.24. The molecule has 2 aliphatic carbocycles. The third-order valence-electron chi connectivity index (χ3n) is 6.37. The summed E-state index contributed by atoms with van der Waals surface area (Å²) >= 11 is 0. The number of carboxylic acids is 1. The first-order chi connectivity index (χ1) is 12.4. The summed E-state index contributed by atoms with van der Waals surface area (Å²) in [6.07, 6.45) is 4.14. The van der Waals surface area contributed by atoms with Crippen LogP contribution in [0.15, 0.2) is 12.1 Å². The van der Waals surface area contributed by atoms with E-state index in [0.717, 1.165) is 18.9 Å². The summed E-state index contributed by atoms with van der Waals surface area (Å²) in [6, 6.07) is 1.38. The Morgan fingerprint density at radius 3 is 2.77 bits per heavy atom. The van der Waals surface area contributed by atoms with Gasteiger partial charge in [0.25, 0.3) is 0 Å². The zero-order valence-corrected chi connectivity index (χ0v) is 14.4. The molecule has 2 fully saturated rings. The van der Waals surface area contributed by atoms with Crippen molar-refractivity contribution >= 4 is 12.0 Å². The molecular formula is C19H22F2N2O3. The molecule has 1 aliphatic heterocycles. The number of carboxylic acid groups (broad SMARTS) is 1. The largest absolute Gasteiger partial charge is 0.481 e. The maximum Gasteiger partial charge on any atom is 0.317 e. The van der Waals surface area contributed by atoms with E-state index in [1.165, 1.54) is 6.07 Å². The number of likely N-dealkylation sites (tertiary alicyclic amines) is 1. The minimum Gasteiger partial charge on any atom is -0.481 e. The minimum absolute atomic E-state index is 0.0146. The molecule has 3 atom stereocenters. The topological polar surface area (TPSA) is 69.6 Å². The van der Waals surface area contributed by atoms with Gasteiger partial charge in [-0.1, -0.05) is 6.42 Å². The molecule has 0 unspecified atom stereocenters. The molecular weight excluding hydrogens is 342 g/mol. The Labute approximate surface area is 150 Å². The molecule has 0 bridgehead atoms. The summed E-state index contributed by atoms with van der Waals surface area (Å²) in [5.74, 6) is -2.07. The molecule has 1 aromatic carbocycles. The third kappa shape index (κ3) is 2.64. The average Bonchev–Trinajstić information content (AvgIpc) is 3.14. The van der Waals surface area contributed by atoms with Crippen LogP contribution in [-0.4, -0.2) is 35.1 Å². The molecule has 1 heterocycles. The molecule has 4 rings (SSSR count).